The molecule has 1 N–H and O–H groups in total. The molecule has 2 aliphatic rings. The van der Waals surface area contributed by atoms with Gasteiger partial charge in [-0.25, -0.2) is 0 Å². The van der Waals surface area contributed by atoms with Gasteiger partial charge >= 0.3 is 0 Å². The summed E-state index contributed by atoms with van der Waals surface area (Å²) in [4.78, 5) is 14.9. The van der Waals surface area contributed by atoms with Crippen LogP contribution in [0.5, 0.6) is 11.5 Å². The van der Waals surface area contributed by atoms with Crippen molar-refractivity contribution in [2.45, 2.75) is 32.8 Å². The van der Waals surface area contributed by atoms with Gasteiger partial charge in [-0.1, -0.05) is 12.1 Å². The number of nitrogens with one attached hydrogen (secondary N) is 1. The van der Waals surface area contributed by atoms with Gasteiger partial charge in [0.15, 0.2) is 17.6 Å². The lowest BCUT2D eigenvalue weighted by atomic mass is 9.81. The summed E-state index contributed by atoms with van der Waals surface area (Å²) in [5.41, 5.74) is -0.304. The quantitative estimate of drug-likeness (QED) is 0.902. The minimum atomic E-state index is -0.304. The number of carbonyl (C=O) groups excluding carboxylic acids is 1. The Bertz CT molecular complexity index is 561. The van der Waals surface area contributed by atoms with Crippen LogP contribution in [0, 0.1) is 5.41 Å². The molecule has 0 bridgehead atoms. The third kappa shape index (κ3) is 3.95. The molecule has 2 heterocycles. The molecule has 1 fully saturated rings. The highest BCUT2D eigenvalue weighted by molar-refractivity contribution is 5.85. The molecule has 0 aromatic heterocycles. The largest absolute Gasteiger partial charge is 0.486 e. The average Bonchev–Trinajstić information content (AvgIpc) is 2.59. The highest BCUT2D eigenvalue weighted by atomic mass is 35.5. The fourth-order valence-corrected chi connectivity index (χ4v) is 3.37. The molecule has 3 rings (SSSR count). The molecule has 0 saturated carbocycles. The summed E-state index contributed by atoms with van der Waals surface area (Å²) >= 11 is 0. The standard InChI is InChI=1S/C18H26N2O3.ClH/c1-3-20(17(21)18(2)9-6-10-19-13-18)11-14-12-22-15-7-4-5-8-16(15)23-14;/h4-5,7-8,14,19H,3,6,9-13H2,1-2H3;1H. The highest BCUT2D eigenvalue weighted by Gasteiger charge is 2.38. The number of ether oxygens (including phenoxy) is 2. The van der Waals surface area contributed by atoms with Crippen molar-refractivity contribution >= 4 is 18.3 Å². The molecule has 0 aliphatic carbocycles. The Hall–Kier alpha value is -1.46. The molecule has 1 saturated heterocycles. The SMILES string of the molecule is CCN(CC1COc2ccccc2O1)C(=O)C1(C)CCCNC1.Cl. The first-order chi connectivity index (χ1) is 11.1. The topological polar surface area (TPSA) is 50.8 Å². The zero-order valence-electron chi connectivity index (χ0n) is 14.4. The second-order valence-corrected chi connectivity index (χ2v) is 6.68. The third-order valence-electron chi connectivity index (χ3n) is 4.77. The summed E-state index contributed by atoms with van der Waals surface area (Å²) < 4.78 is 11.8. The zero-order chi connectivity index (χ0) is 16.3. The molecule has 2 aliphatic heterocycles. The second-order valence-electron chi connectivity index (χ2n) is 6.68. The molecule has 0 radical (unpaired) electrons. The summed E-state index contributed by atoms with van der Waals surface area (Å²) in [5.74, 6) is 1.76. The fourth-order valence-electron chi connectivity index (χ4n) is 3.37. The lowest BCUT2D eigenvalue weighted by Gasteiger charge is -2.38. The highest BCUT2D eigenvalue weighted by Crippen LogP contribution is 2.32. The van der Waals surface area contributed by atoms with Gasteiger partial charge in [0, 0.05) is 13.1 Å². The van der Waals surface area contributed by atoms with E-state index in [1.807, 2.05) is 36.1 Å². The van der Waals surface area contributed by atoms with E-state index >= 15 is 0 Å². The number of hydrogen-bond donors (Lipinski definition) is 1. The number of piperidine rings is 1. The molecular weight excluding hydrogens is 328 g/mol. The van der Waals surface area contributed by atoms with E-state index in [0.29, 0.717) is 19.7 Å². The van der Waals surface area contributed by atoms with Crippen molar-refractivity contribution in [2.24, 2.45) is 5.41 Å². The molecular formula is C18H27ClN2O3. The minimum absolute atomic E-state index is 0. The van der Waals surface area contributed by atoms with Crippen molar-refractivity contribution in [1.82, 2.24) is 10.2 Å². The molecule has 134 valence electrons. The number of halogens is 1. The Morgan fingerprint density at radius 3 is 2.79 bits per heavy atom. The van der Waals surface area contributed by atoms with Gasteiger partial charge in [-0.05, 0) is 45.4 Å². The molecule has 5 nitrogen and oxygen atoms in total. The van der Waals surface area contributed by atoms with Gasteiger partial charge < -0.3 is 19.7 Å². The molecule has 1 amide bonds. The summed E-state index contributed by atoms with van der Waals surface area (Å²) in [5, 5.41) is 3.35. The van der Waals surface area contributed by atoms with Crippen LogP contribution in [0.4, 0.5) is 0 Å². The first-order valence-electron chi connectivity index (χ1n) is 8.51. The number of fused-ring (bicyclic) bond motifs is 1. The second kappa shape index (κ2) is 8.08. The van der Waals surface area contributed by atoms with E-state index in [1.165, 1.54) is 0 Å². The number of carbonyl (C=O) groups is 1. The van der Waals surface area contributed by atoms with Crippen molar-refractivity contribution in [3.63, 3.8) is 0 Å². The maximum absolute atomic E-state index is 13.0. The first-order valence-corrected chi connectivity index (χ1v) is 8.51. The van der Waals surface area contributed by atoms with Crippen LogP contribution < -0.4 is 14.8 Å². The third-order valence-corrected chi connectivity index (χ3v) is 4.77. The molecule has 1 aromatic carbocycles. The van der Waals surface area contributed by atoms with Crippen LogP contribution in [-0.2, 0) is 4.79 Å². The van der Waals surface area contributed by atoms with Crippen LogP contribution in [0.1, 0.15) is 26.7 Å². The Kier molecular flexibility index (Phi) is 6.35. The molecule has 2 atom stereocenters. The number of rotatable bonds is 4. The maximum Gasteiger partial charge on any atom is 0.229 e. The van der Waals surface area contributed by atoms with Crippen molar-refractivity contribution < 1.29 is 14.3 Å². The van der Waals surface area contributed by atoms with E-state index < -0.39 is 0 Å². The van der Waals surface area contributed by atoms with E-state index in [1.54, 1.807) is 0 Å². The Morgan fingerprint density at radius 1 is 1.38 bits per heavy atom. The number of benzene rings is 1. The van der Waals surface area contributed by atoms with Crippen LogP contribution in [-0.4, -0.2) is 49.7 Å². The van der Waals surface area contributed by atoms with Crippen molar-refractivity contribution in [3.05, 3.63) is 24.3 Å². The first kappa shape index (κ1) is 18.9. The van der Waals surface area contributed by atoms with Crippen LogP contribution in [0.15, 0.2) is 24.3 Å². The van der Waals surface area contributed by atoms with Gasteiger partial charge in [0.2, 0.25) is 5.91 Å². The monoisotopic (exact) mass is 354 g/mol. The summed E-state index contributed by atoms with van der Waals surface area (Å²) in [6.45, 7) is 7.59. The zero-order valence-corrected chi connectivity index (χ0v) is 15.2. The molecule has 1 aromatic rings. The van der Waals surface area contributed by atoms with E-state index in [2.05, 4.69) is 12.2 Å². The molecule has 2 unspecified atom stereocenters. The molecule has 24 heavy (non-hydrogen) atoms. The van der Waals surface area contributed by atoms with Gasteiger partial charge in [0.05, 0.1) is 12.0 Å². The normalized spacial score (nSPS) is 25.5. The maximum atomic E-state index is 13.0. The van der Waals surface area contributed by atoms with E-state index in [4.69, 9.17) is 9.47 Å². The van der Waals surface area contributed by atoms with Gasteiger partial charge in [-0.2, -0.15) is 0 Å². The number of hydrogen-bond acceptors (Lipinski definition) is 4. The van der Waals surface area contributed by atoms with Crippen molar-refractivity contribution in [3.8, 4) is 11.5 Å². The van der Waals surface area contributed by atoms with E-state index in [9.17, 15) is 4.79 Å². The van der Waals surface area contributed by atoms with E-state index in [-0.39, 0.29) is 29.8 Å². The van der Waals surface area contributed by atoms with Gasteiger partial charge in [-0.3, -0.25) is 4.79 Å². The fraction of sp³-hybridized carbons (Fsp3) is 0.611. The Morgan fingerprint density at radius 2 is 2.12 bits per heavy atom. The van der Waals surface area contributed by atoms with Gasteiger partial charge in [0.1, 0.15) is 6.61 Å². The predicted molar refractivity (Wildman–Crippen MR) is 96.1 cm³/mol. The average molecular weight is 355 g/mol. The smallest absolute Gasteiger partial charge is 0.229 e. The van der Waals surface area contributed by atoms with Crippen molar-refractivity contribution in [1.29, 1.82) is 0 Å². The van der Waals surface area contributed by atoms with Crippen LogP contribution in [0.3, 0.4) is 0 Å². The van der Waals surface area contributed by atoms with Crippen LogP contribution in [0.2, 0.25) is 0 Å². The van der Waals surface area contributed by atoms with E-state index in [0.717, 1.165) is 37.4 Å². The summed E-state index contributed by atoms with van der Waals surface area (Å²) in [7, 11) is 0. The van der Waals surface area contributed by atoms with Crippen LogP contribution >= 0.6 is 12.4 Å². The lowest BCUT2D eigenvalue weighted by molar-refractivity contribution is -0.143. The van der Waals surface area contributed by atoms with Gasteiger partial charge in [-0.15, -0.1) is 12.4 Å². The predicted octanol–water partition coefficient (Wildman–Crippen LogP) is 2.49. The lowest BCUT2D eigenvalue weighted by Crippen LogP contribution is -2.53. The number of nitrogens with zero attached hydrogens (tertiary/aromatic N) is 1. The number of amides is 1. The summed E-state index contributed by atoms with van der Waals surface area (Å²) in [6, 6.07) is 7.68. The summed E-state index contributed by atoms with van der Waals surface area (Å²) in [6.07, 6.45) is 1.88. The number of likely N-dealkylation sites (N-methyl/N-ethyl adjacent to an activating group) is 1. The number of para-hydroxylation sites is 2. The molecule has 0 spiro atoms. The Labute approximate surface area is 150 Å². The minimum Gasteiger partial charge on any atom is -0.486 e. The van der Waals surface area contributed by atoms with Crippen molar-refractivity contribution in [2.75, 3.05) is 32.8 Å². The Balaban J connectivity index is 0.00000208. The molecule has 6 heteroatoms. The van der Waals surface area contributed by atoms with Crippen LogP contribution in [0.25, 0.3) is 0 Å². The van der Waals surface area contributed by atoms with Gasteiger partial charge in [0.25, 0.3) is 0 Å².